The molecule has 1 saturated heterocycles. The van der Waals surface area contributed by atoms with Crippen molar-refractivity contribution < 1.29 is 24.2 Å². The second-order valence-corrected chi connectivity index (χ2v) is 4.30. The quantitative estimate of drug-likeness (QED) is 0.900. The standard InChI is InChI=1S/C13H15NO5/c1-18-10-4-3-8(5-11(10)19-2)9-6-12(15)14(7-9)13(16)17/h3-5,9H,6-7H2,1-2H3,(H,16,17). The molecule has 2 rings (SSSR count). The van der Waals surface area contributed by atoms with Crippen LogP contribution in [0.25, 0.3) is 0 Å². The molecule has 6 nitrogen and oxygen atoms in total. The number of hydrogen-bond donors (Lipinski definition) is 1. The number of carbonyl (C=O) groups excluding carboxylic acids is 1. The van der Waals surface area contributed by atoms with E-state index < -0.39 is 6.09 Å². The molecule has 1 aliphatic rings. The van der Waals surface area contributed by atoms with Gasteiger partial charge in [-0.3, -0.25) is 4.79 Å². The van der Waals surface area contributed by atoms with E-state index in [1.807, 2.05) is 6.07 Å². The lowest BCUT2D eigenvalue weighted by Gasteiger charge is -2.13. The number of ether oxygens (including phenoxy) is 2. The Labute approximate surface area is 110 Å². The summed E-state index contributed by atoms with van der Waals surface area (Å²) in [5.74, 6) is 0.669. The van der Waals surface area contributed by atoms with Crippen molar-refractivity contribution in [3.8, 4) is 11.5 Å². The zero-order valence-electron chi connectivity index (χ0n) is 10.8. The smallest absolute Gasteiger partial charge is 0.414 e. The molecule has 6 heteroatoms. The van der Waals surface area contributed by atoms with Gasteiger partial charge in [-0.05, 0) is 17.7 Å². The Bertz CT molecular complexity index is 514. The van der Waals surface area contributed by atoms with Gasteiger partial charge in [-0.2, -0.15) is 0 Å². The van der Waals surface area contributed by atoms with Gasteiger partial charge in [0.2, 0.25) is 5.91 Å². The van der Waals surface area contributed by atoms with Crippen molar-refractivity contribution >= 4 is 12.0 Å². The Balaban J connectivity index is 2.24. The van der Waals surface area contributed by atoms with Gasteiger partial charge in [0.15, 0.2) is 11.5 Å². The number of hydrogen-bond acceptors (Lipinski definition) is 4. The molecule has 1 N–H and O–H groups in total. The molecule has 0 spiro atoms. The van der Waals surface area contributed by atoms with E-state index in [1.54, 1.807) is 19.2 Å². The third-order valence-corrected chi connectivity index (χ3v) is 3.23. The van der Waals surface area contributed by atoms with E-state index >= 15 is 0 Å². The monoisotopic (exact) mass is 265 g/mol. The molecule has 19 heavy (non-hydrogen) atoms. The molecule has 1 atom stereocenters. The lowest BCUT2D eigenvalue weighted by atomic mass is 9.98. The molecule has 1 unspecified atom stereocenters. The van der Waals surface area contributed by atoms with E-state index in [0.29, 0.717) is 11.5 Å². The minimum atomic E-state index is -1.20. The lowest BCUT2D eigenvalue weighted by molar-refractivity contribution is -0.125. The normalized spacial score (nSPS) is 18.5. The van der Waals surface area contributed by atoms with Gasteiger partial charge in [0.25, 0.3) is 0 Å². The number of benzene rings is 1. The van der Waals surface area contributed by atoms with Gasteiger partial charge in [-0.1, -0.05) is 6.07 Å². The van der Waals surface area contributed by atoms with Crippen LogP contribution in [0.2, 0.25) is 0 Å². The summed E-state index contributed by atoms with van der Waals surface area (Å²) in [4.78, 5) is 23.3. The molecule has 102 valence electrons. The van der Waals surface area contributed by atoms with Crippen LogP contribution in [0.15, 0.2) is 18.2 Å². The highest BCUT2D eigenvalue weighted by Gasteiger charge is 2.34. The van der Waals surface area contributed by atoms with Gasteiger partial charge in [0, 0.05) is 18.9 Å². The Kier molecular flexibility index (Phi) is 3.59. The average molecular weight is 265 g/mol. The predicted molar refractivity (Wildman–Crippen MR) is 66.6 cm³/mol. The van der Waals surface area contributed by atoms with E-state index in [2.05, 4.69) is 0 Å². The highest BCUT2D eigenvalue weighted by atomic mass is 16.5. The first-order valence-corrected chi connectivity index (χ1v) is 5.82. The number of imide groups is 1. The Morgan fingerprint density at radius 2 is 2.00 bits per heavy atom. The van der Waals surface area contributed by atoms with Crippen molar-refractivity contribution in [1.82, 2.24) is 4.90 Å². The number of amides is 2. The van der Waals surface area contributed by atoms with E-state index in [1.165, 1.54) is 7.11 Å². The van der Waals surface area contributed by atoms with Gasteiger partial charge in [-0.15, -0.1) is 0 Å². The second-order valence-electron chi connectivity index (χ2n) is 4.30. The molecule has 0 radical (unpaired) electrons. The highest BCUT2D eigenvalue weighted by Crippen LogP contribution is 2.34. The molecule has 1 aromatic rings. The third-order valence-electron chi connectivity index (χ3n) is 3.23. The Morgan fingerprint density at radius 3 is 2.53 bits per heavy atom. The van der Waals surface area contributed by atoms with Crippen molar-refractivity contribution in [2.24, 2.45) is 0 Å². The lowest BCUT2D eigenvalue weighted by Crippen LogP contribution is -2.30. The van der Waals surface area contributed by atoms with Crippen molar-refractivity contribution in [2.45, 2.75) is 12.3 Å². The van der Waals surface area contributed by atoms with Crippen LogP contribution in [0.4, 0.5) is 4.79 Å². The van der Waals surface area contributed by atoms with E-state index in [4.69, 9.17) is 14.6 Å². The van der Waals surface area contributed by atoms with Crippen molar-refractivity contribution in [3.05, 3.63) is 23.8 Å². The number of methoxy groups -OCH3 is 2. The SMILES string of the molecule is COc1ccc(C2CC(=O)N(C(=O)O)C2)cc1OC. The van der Waals surface area contributed by atoms with Crippen LogP contribution in [-0.4, -0.2) is 42.8 Å². The Hall–Kier alpha value is -2.24. The van der Waals surface area contributed by atoms with Gasteiger partial charge >= 0.3 is 6.09 Å². The summed E-state index contributed by atoms with van der Waals surface area (Å²) in [6.45, 7) is 0.184. The second kappa shape index (κ2) is 5.17. The minimum Gasteiger partial charge on any atom is -0.493 e. The summed E-state index contributed by atoms with van der Waals surface area (Å²) in [6, 6.07) is 5.36. The summed E-state index contributed by atoms with van der Waals surface area (Å²) < 4.78 is 10.3. The zero-order valence-corrected chi connectivity index (χ0v) is 10.8. The fraction of sp³-hybridized carbons (Fsp3) is 0.385. The maximum absolute atomic E-state index is 11.6. The minimum absolute atomic E-state index is 0.136. The maximum atomic E-state index is 11.6. The number of rotatable bonds is 3. The third kappa shape index (κ3) is 2.47. The van der Waals surface area contributed by atoms with Crippen LogP contribution in [0.5, 0.6) is 11.5 Å². The van der Waals surface area contributed by atoms with Crippen LogP contribution in [0.1, 0.15) is 17.9 Å². The summed E-state index contributed by atoms with van der Waals surface area (Å²) >= 11 is 0. The van der Waals surface area contributed by atoms with Crippen molar-refractivity contribution in [1.29, 1.82) is 0 Å². The fourth-order valence-corrected chi connectivity index (χ4v) is 2.22. The fourth-order valence-electron chi connectivity index (χ4n) is 2.22. The molecule has 1 aliphatic heterocycles. The number of likely N-dealkylation sites (tertiary alicyclic amines) is 1. The summed E-state index contributed by atoms with van der Waals surface area (Å²) in [7, 11) is 3.08. The van der Waals surface area contributed by atoms with Crippen LogP contribution in [0, 0.1) is 0 Å². The largest absolute Gasteiger partial charge is 0.493 e. The molecule has 1 aromatic carbocycles. The zero-order chi connectivity index (χ0) is 14.0. The highest BCUT2D eigenvalue weighted by molar-refractivity contribution is 5.93. The van der Waals surface area contributed by atoms with Gasteiger partial charge in [0.1, 0.15) is 0 Å². The van der Waals surface area contributed by atoms with E-state index in [-0.39, 0.29) is 24.8 Å². The molecule has 0 bridgehead atoms. The number of nitrogens with zero attached hydrogens (tertiary/aromatic N) is 1. The first-order valence-electron chi connectivity index (χ1n) is 5.82. The van der Waals surface area contributed by atoms with Gasteiger partial charge in [0.05, 0.1) is 14.2 Å². The van der Waals surface area contributed by atoms with Crippen LogP contribution >= 0.6 is 0 Å². The topological polar surface area (TPSA) is 76.1 Å². The molecule has 1 fully saturated rings. The first-order chi connectivity index (χ1) is 9.06. The molecule has 0 aromatic heterocycles. The summed E-state index contributed by atoms with van der Waals surface area (Å²) in [5.41, 5.74) is 0.870. The maximum Gasteiger partial charge on any atom is 0.414 e. The Morgan fingerprint density at radius 1 is 1.32 bits per heavy atom. The first kappa shape index (κ1) is 13.2. The van der Waals surface area contributed by atoms with Crippen LogP contribution in [0.3, 0.4) is 0 Å². The van der Waals surface area contributed by atoms with Gasteiger partial charge in [-0.25, -0.2) is 9.69 Å². The molecular formula is C13H15NO5. The number of carboxylic acid groups (broad SMARTS) is 1. The summed E-state index contributed by atoms with van der Waals surface area (Å²) in [5, 5.41) is 8.89. The van der Waals surface area contributed by atoms with Crippen molar-refractivity contribution in [2.75, 3.05) is 20.8 Å². The van der Waals surface area contributed by atoms with E-state index in [9.17, 15) is 9.59 Å². The van der Waals surface area contributed by atoms with Crippen molar-refractivity contribution in [3.63, 3.8) is 0 Å². The van der Waals surface area contributed by atoms with Crippen LogP contribution < -0.4 is 9.47 Å². The number of carbonyl (C=O) groups is 2. The van der Waals surface area contributed by atoms with Gasteiger partial charge < -0.3 is 14.6 Å². The summed E-state index contributed by atoms with van der Waals surface area (Å²) in [6.07, 6.45) is -1.00. The molecular weight excluding hydrogens is 250 g/mol. The molecule has 1 heterocycles. The average Bonchev–Trinajstić information content (AvgIpc) is 2.80. The molecule has 0 aliphatic carbocycles. The molecule has 2 amide bonds. The molecule has 0 saturated carbocycles. The van der Waals surface area contributed by atoms with E-state index in [0.717, 1.165) is 10.5 Å². The van der Waals surface area contributed by atoms with Crippen LogP contribution in [-0.2, 0) is 4.79 Å². The predicted octanol–water partition coefficient (Wildman–Crippen LogP) is 1.70.